The van der Waals surface area contributed by atoms with Gasteiger partial charge in [0.1, 0.15) is 6.61 Å². The van der Waals surface area contributed by atoms with Crippen LogP contribution in [0, 0.1) is 29.2 Å². The van der Waals surface area contributed by atoms with Crippen LogP contribution in [-0.2, 0) is 13.0 Å². The van der Waals surface area contributed by atoms with Crippen molar-refractivity contribution in [2.24, 2.45) is 5.92 Å². The van der Waals surface area contributed by atoms with E-state index < -0.39 is 23.3 Å². The van der Waals surface area contributed by atoms with E-state index in [9.17, 15) is 17.6 Å². The average molecular weight is 457 g/mol. The maximum Gasteiger partial charge on any atom is 0.200 e. The summed E-state index contributed by atoms with van der Waals surface area (Å²) in [5.74, 6) is -2.93. The van der Waals surface area contributed by atoms with E-state index in [0.717, 1.165) is 25.7 Å². The molecule has 0 aromatic heterocycles. The lowest BCUT2D eigenvalue weighted by Crippen LogP contribution is -2.13. The van der Waals surface area contributed by atoms with E-state index in [0.29, 0.717) is 34.6 Å². The Morgan fingerprint density at radius 3 is 2.12 bits per heavy atom. The first-order valence-electron chi connectivity index (χ1n) is 11.6. The van der Waals surface area contributed by atoms with Crippen molar-refractivity contribution >= 4 is 0 Å². The lowest BCUT2D eigenvalue weighted by molar-refractivity contribution is 0.282. The molecule has 1 fully saturated rings. The lowest BCUT2D eigenvalue weighted by atomic mass is 9.79. The van der Waals surface area contributed by atoms with Crippen molar-refractivity contribution in [1.82, 2.24) is 0 Å². The highest BCUT2D eigenvalue weighted by Crippen LogP contribution is 2.38. The zero-order valence-corrected chi connectivity index (χ0v) is 18.9. The van der Waals surface area contributed by atoms with Crippen molar-refractivity contribution in [3.63, 3.8) is 0 Å². The molecule has 3 aromatic rings. The number of ether oxygens (including phenoxy) is 1. The molecule has 0 N–H and O–H groups in total. The molecule has 0 aliphatic heterocycles. The van der Waals surface area contributed by atoms with Crippen molar-refractivity contribution < 1.29 is 22.3 Å². The van der Waals surface area contributed by atoms with Crippen molar-refractivity contribution in [1.29, 1.82) is 0 Å². The van der Waals surface area contributed by atoms with Gasteiger partial charge in [-0.15, -0.1) is 0 Å². The monoisotopic (exact) mass is 456 g/mol. The second-order valence-corrected chi connectivity index (χ2v) is 8.98. The Hall–Kier alpha value is -2.82. The molecule has 3 aromatic carbocycles. The van der Waals surface area contributed by atoms with Gasteiger partial charge in [-0.2, -0.15) is 4.39 Å². The van der Waals surface area contributed by atoms with Gasteiger partial charge in [-0.3, -0.25) is 0 Å². The first kappa shape index (κ1) is 23.3. The topological polar surface area (TPSA) is 9.23 Å². The Morgan fingerprint density at radius 2 is 1.45 bits per heavy atom. The highest BCUT2D eigenvalue weighted by Gasteiger charge is 2.25. The summed E-state index contributed by atoms with van der Waals surface area (Å²) in [5, 5.41) is 0. The predicted molar refractivity (Wildman–Crippen MR) is 122 cm³/mol. The molecule has 0 heterocycles. The SMILES string of the molecule is CCc1ccc(-c2ccc(COc3ccc(C4CCC(C)CC4)c(F)c3F)cc2)c(F)c1F. The molecule has 1 nitrogen and oxygen atoms in total. The second kappa shape index (κ2) is 9.98. The normalized spacial score (nSPS) is 18.4. The van der Waals surface area contributed by atoms with Gasteiger partial charge in [-0.05, 0) is 59.4 Å². The molecular formula is C28H28F4O. The smallest absolute Gasteiger partial charge is 0.200 e. The van der Waals surface area contributed by atoms with Gasteiger partial charge in [0.15, 0.2) is 23.2 Å². The fourth-order valence-corrected chi connectivity index (χ4v) is 4.57. The van der Waals surface area contributed by atoms with Crippen LogP contribution in [0.2, 0.25) is 0 Å². The molecule has 1 aliphatic carbocycles. The van der Waals surface area contributed by atoms with Crippen molar-refractivity contribution in [3.05, 3.63) is 88.5 Å². The molecule has 33 heavy (non-hydrogen) atoms. The fraction of sp³-hybridized carbons (Fsp3) is 0.357. The van der Waals surface area contributed by atoms with Crippen molar-refractivity contribution in [2.75, 3.05) is 0 Å². The van der Waals surface area contributed by atoms with E-state index in [1.165, 1.54) is 6.07 Å². The number of aryl methyl sites for hydroxylation is 1. The third kappa shape index (κ3) is 4.92. The number of hydrogen-bond donors (Lipinski definition) is 0. The van der Waals surface area contributed by atoms with Crippen molar-refractivity contribution in [3.8, 4) is 16.9 Å². The van der Waals surface area contributed by atoms with Gasteiger partial charge in [0.25, 0.3) is 0 Å². The third-order valence-corrected chi connectivity index (χ3v) is 6.73. The minimum Gasteiger partial charge on any atom is -0.486 e. The molecule has 0 saturated heterocycles. The van der Waals surface area contributed by atoms with Gasteiger partial charge in [0, 0.05) is 5.56 Å². The molecule has 1 saturated carbocycles. The van der Waals surface area contributed by atoms with Gasteiger partial charge >= 0.3 is 0 Å². The molecule has 0 atom stereocenters. The van der Waals surface area contributed by atoms with Crippen LogP contribution in [0.5, 0.6) is 5.75 Å². The zero-order valence-electron chi connectivity index (χ0n) is 18.9. The number of rotatable bonds is 6. The lowest BCUT2D eigenvalue weighted by Gasteiger charge is -2.27. The summed E-state index contributed by atoms with van der Waals surface area (Å²) < 4.78 is 63.4. The first-order valence-corrected chi connectivity index (χ1v) is 11.6. The molecule has 4 rings (SSSR count). The summed E-state index contributed by atoms with van der Waals surface area (Å²) in [5.41, 5.74) is 2.17. The van der Waals surface area contributed by atoms with Gasteiger partial charge < -0.3 is 4.74 Å². The summed E-state index contributed by atoms with van der Waals surface area (Å²) in [7, 11) is 0. The Labute approximate surface area is 192 Å². The fourth-order valence-electron chi connectivity index (χ4n) is 4.57. The van der Waals surface area contributed by atoms with Crippen LogP contribution in [-0.4, -0.2) is 0 Å². The largest absolute Gasteiger partial charge is 0.486 e. The molecular weight excluding hydrogens is 428 g/mol. The minimum atomic E-state index is -0.962. The van der Waals surface area contributed by atoms with Crippen LogP contribution in [0.15, 0.2) is 48.5 Å². The highest BCUT2D eigenvalue weighted by molar-refractivity contribution is 5.65. The Kier molecular flexibility index (Phi) is 7.06. The van der Waals surface area contributed by atoms with E-state index in [1.807, 2.05) is 0 Å². The predicted octanol–water partition coefficient (Wildman–Crippen LogP) is 8.35. The van der Waals surface area contributed by atoms with Crippen LogP contribution < -0.4 is 4.74 Å². The van der Waals surface area contributed by atoms with Gasteiger partial charge in [0.2, 0.25) is 5.82 Å². The van der Waals surface area contributed by atoms with E-state index in [2.05, 4.69) is 6.92 Å². The van der Waals surface area contributed by atoms with Gasteiger partial charge in [0.05, 0.1) is 0 Å². The van der Waals surface area contributed by atoms with Gasteiger partial charge in [-0.1, -0.05) is 69.2 Å². The molecule has 1 aliphatic rings. The molecule has 5 heteroatoms. The van der Waals surface area contributed by atoms with E-state index in [4.69, 9.17) is 4.74 Å². The zero-order chi connectivity index (χ0) is 23.5. The quantitative estimate of drug-likeness (QED) is 0.339. The first-order chi connectivity index (χ1) is 15.9. The summed E-state index contributed by atoms with van der Waals surface area (Å²) in [6.45, 7) is 3.99. The van der Waals surface area contributed by atoms with Crippen LogP contribution >= 0.6 is 0 Å². The maximum absolute atomic E-state index is 14.7. The van der Waals surface area contributed by atoms with Crippen LogP contribution in [0.25, 0.3) is 11.1 Å². The van der Waals surface area contributed by atoms with Crippen LogP contribution in [0.3, 0.4) is 0 Å². The Morgan fingerprint density at radius 1 is 0.758 bits per heavy atom. The molecule has 0 amide bonds. The minimum absolute atomic E-state index is 0.0303. The molecule has 0 bridgehead atoms. The Balaban J connectivity index is 1.45. The Bertz CT molecular complexity index is 1120. The van der Waals surface area contributed by atoms with Crippen LogP contribution in [0.1, 0.15) is 62.1 Å². The summed E-state index contributed by atoms with van der Waals surface area (Å²) in [4.78, 5) is 0. The van der Waals surface area contributed by atoms with Crippen molar-refractivity contribution in [2.45, 2.75) is 58.5 Å². The summed E-state index contributed by atoms with van der Waals surface area (Å²) >= 11 is 0. The van der Waals surface area contributed by atoms with E-state index >= 15 is 0 Å². The molecule has 0 radical (unpaired) electrons. The van der Waals surface area contributed by atoms with E-state index in [-0.39, 0.29) is 23.8 Å². The standard InChI is InChI=1S/C28H28F4O/c1-3-19-12-13-22(26(30)25(19)29)21-10-6-18(7-11-21)16-33-24-15-14-23(27(31)28(24)32)20-8-4-17(2)5-9-20/h6-7,10-15,17,20H,3-5,8-9,16H2,1-2H3. The highest BCUT2D eigenvalue weighted by atomic mass is 19.2. The second-order valence-electron chi connectivity index (χ2n) is 8.98. The maximum atomic E-state index is 14.7. The number of halogens is 4. The summed E-state index contributed by atoms with van der Waals surface area (Å²) in [6, 6.07) is 13.0. The van der Waals surface area contributed by atoms with E-state index in [1.54, 1.807) is 49.4 Å². The summed E-state index contributed by atoms with van der Waals surface area (Å²) in [6.07, 6.45) is 4.21. The average Bonchev–Trinajstić information content (AvgIpc) is 2.83. The number of benzene rings is 3. The molecule has 0 spiro atoms. The van der Waals surface area contributed by atoms with Crippen LogP contribution in [0.4, 0.5) is 17.6 Å². The number of hydrogen-bond acceptors (Lipinski definition) is 1. The molecule has 174 valence electrons. The third-order valence-electron chi connectivity index (χ3n) is 6.73. The van der Waals surface area contributed by atoms with Gasteiger partial charge in [-0.25, -0.2) is 13.2 Å². The molecule has 0 unspecified atom stereocenters.